The summed E-state index contributed by atoms with van der Waals surface area (Å²) in [7, 11) is 1.34. The summed E-state index contributed by atoms with van der Waals surface area (Å²) in [5.74, 6) is -0.571. The van der Waals surface area contributed by atoms with E-state index in [1.807, 2.05) is 0 Å². The van der Waals surface area contributed by atoms with Gasteiger partial charge in [0.25, 0.3) is 0 Å². The summed E-state index contributed by atoms with van der Waals surface area (Å²) in [5, 5.41) is 0. The molecule has 74 valence electrons. The van der Waals surface area contributed by atoms with Crippen molar-refractivity contribution < 1.29 is 14.3 Å². The fraction of sp³-hybridized carbons (Fsp3) is 0.600. The highest BCUT2D eigenvalue weighted by molar-refractivity contribution is 5.78. The molecule has 0 aliphatic carbocycles. The number of hydrogen-bond donors (Lipinski definition) is 0. The largest absolute Gasteiger partial charge is 0.469 e. The van der Waals surface area contributed by atoms with E-state index in [1.165, 1.54) is 14.0 Å². The van der Waals surface area contributed by atoms with E-state index in [9.17, 15) is 9.59 Å². The molecule has 0 saturated heterocycles. The van der Waals surface area contributed by atoms with Crippen LogP contribution < -0.4 is 0 Å². The third kappa shape index (κ3) is 4.45. The maximum absolute atomic E-state index is 11.2. The van der Waals surface area contributed by atoms with E-state index >= 15 is 0 Å². The maximum atomic E-state index is 11.2. The van der Waals surface area contributed by atoms with Crippen LogP contribution >= 0.6 is 0 Å². The molecule has 1 atom stereocenters. The zero-order valence-corrected chi connectivity index (χ0v) is 8.42. The second-order valence-electron chi connectivity index (χ2n) is 3.16. The molecular weight excluding hydrogens is 168 g/mol. The highest BCUT2D eigenvalue weighted by atomic mass is 16.5. The van der Waals surface area contributed by atoms with Gasteiger partial charge < -0.3 is 9.53 Å². The lowest BCUT2D eigenvalue weighted by Crippen LogP contribution is -2.17. The van der Waals surface area contributed by atoms with Crippen LogP contribution in [0.25, 0.3) is 0 Å². The molecule has 0 rings (SSSR count). The molecule has 3 nitrogen and oxygen atoms in total. The minimum absolute atomic E-state index is 0.0788. The Morgan fingerprint density at radius 2 is 1.92 bits per heavy atom. The normalized spacial score (nSPS) is 11.9. The molecule has 13 heavy (non-hydrogen) atoms. The highest BCUT2D eigenvalue weighted by Crippen LogP contribution is 2.16. The Balaban J connectivity index is 4.18. The molecule has 0 aromatic rings. The van der Waals surface area contributed by atoms with E-state index in [4.69, 9.17) is 0 Å². The number of carbonyl (C=O) groups excluding carboxylic acids is 2. The van der Waals surface area contributed by atoms with Crippen LogP contribution in [-0.4, -0.2) is 18.9 Å². The van der Waals surface area contributed by atoms with Gasteiger partial charge in [0.2, 0.25) is 0 Å². The van der Waals surface area contributed by atoms with Gasteiger partial charge in [-0.2, -0.15) is 0 Å². The highest BCUT2D eigenvalue weighted by Gasteiger charge is 2.19. The zero-order chi connectivity index (χ0) is 10.4. The van der Waals surface area contributed by atoms with Crippen LogP contribution in [0.1, 0.15) is 26.7 Å². The van der Waals surface area contributed by atoms with Gasteiger partial charge in [-0.3, -0.25) is 4.79 Å². The van der Waals surface area contributed by atoms with Crippen LogP contribution in [-0.2, 0) is 14.3 Å². The van der Waals surface area contributed by atoms with Crippen molar-refractivity contribution in [3.8, 4) is 0 Å². The average Bonchev–Trinajstić information content (AvgIpc) is 2.03. The quantitative estimate of drug-likeness (QED) is 0.482. The standard InChI is InChI=1S/C10H16O3/c1-7(2)9(10(12)13-4)6-5-8(3)11/h9H,1,5-6H2,2-4H3/t9-/m1/s1. The van der Waals surface area contributed by atoms with Crippen molar-refractivity contribution in [3.63, 3.8) is 0 Å². The Kier molecular flexibility index (Phi) is 5.04. The fourth-order valence-corrected chi connectivity index (χ4v) is 1.06. The lowest BCUT2D eigenvalue weighted by atomic mass is 9.95. The first-order chi connectivity index (χ1) is 5.99. The predicted molar refractivity (Wildman–Crippen MR) is 50.2 cm³/mol. The summed E-state index contributed by atoms with van der Waals surface area (Å²) in [4.78, 5) is 21.9. The lowest BCUT2D eigenvalue weighted by molar-refractivity contribution is -0.144. The SMILES string of the molecule is C=C(C)[C@@H](CCC(C)=O)C(=O)OC. The molecule has 0 aliphatic rings. The van der Waals surface area contributed by atoms with E-state index in [0.717, 1.165) is 5.57 Å². The number of Topliss-reactive ketones (excluding diaryl/α,β-unsaturated/α-hetero) is 1. The van der Waals surface area contributed by atoms with Gasteiger partial charge >= 0.3 is 5.97 Å². The van der Waals surface area contributed by atoms with E-state index < -0.39 is 0 Å². The molecule has 0 unspecified atom stereocenters. The van der Waals surface area contributed by atoms with E-state index in [1.54, 1.807) is 6.92 Å². The van der Waals surface area contributed by atoms with Gasteiger partial charge in [0, 0.05) is 6.42 Å². The molecule has 0 radical (unpaired) electrons. The van der Waals surface area contributed by atoms with Gasteiger partial charge in [-0.05, 0) is 20.3 Å². The van der Waals surface area contributed by atoms with Gasteiger partial charge in [-0.15, -0.1) is 0 Å². The van der Waals surface area contributed by atoms with Gasteiger partial charge in [-0.1, -0.05) is 12.2 Å². The van der Waals surface area contributed by atoms with Gasteiger partial charge in [-0.25, -0.2) is 0 Å². The van der Waals surface area contributed by atoms with Gasteiger partial charge in [0.1, 0.15) is 5.78 Å². The van der Waals surface area contributed by atoms with Crippen molar-refractivity contribution >= 4 is 11.8 Å². The smallest absolute Gasteiger partial charge is 0.312 e. The number of hydrogen-bond acceptors (Lipinski definition) is 3. The van der Waals surface area contributed by atoms with Crippen molar-refractivity contribution in [1.29, 1.82) is 0 Å². The molecule has 0 aromatic heterocycles. The summed E-state index contributed by atoms with van der Waals surface area (Å²) in [6.45, 7) is 6.96. The number of rotatable bonds is 5. The monoisotopic (exact) mass is 184 g/mol. The first-order valence-corrected chi connectivity index (χ1v) is 4.21. The molecule has 0 saturated carbocycles. The number of methoxy groups -OCH3 is 1. The molecular formula is C10H16O3. The minimum atomic E-state index is -0.339. The third-order valence-electron chi connectivity index (χ3n) is 1.87. The summed E-state index contributed by atoms with van der Waals surface area (Å²) in [5.41, 5.74) is 0.744. The number of carbonyl (C=O) groups is 2. The summed E-state index contributed by atoms with van der Waals surface area (Å²) in [6.07, 6.45) is 0.893. The molecule has 0 amide bonds. The van der Waals surface area contributed by atoms with Crippen molar-refractivity contribution in [2.45, 2.75) is 26.7 Å². The number of ether oxygens (including phenoxy) is 1. The van der Waals surface area contributed by atoms with E-state index in [2.05, 4.69) is 11.3 Å². The Labute approximate surface area is 78.8 Å². The second-order valence-corrected chi connectivity index (χ2v) is 3.16. The first kappa shape index (κ1) is 11.9. The Hall–Kier alpha value is -1.12. The minimum Gasteiger partial charge on any atom is -0.469 e. The molecule has 0 aliphatic heterocycles. The molecule has 0 heterocycles. The second kappa shape index (κ2) is 5.51. The van der Waals surface area contributed by atoms with Gasteiger partial charge in [0.05, 0.1) is 13.0 Å². The Bertz CT molecular complexity index is 218. The molecule has 3 heteroatoms. The Morgan fingerprint density at radius 3 is 2.23 bits per heavy atom. The van der Waals surface area contributed by atoms with Crippen LogP contribution in [0.4, 0.5) is 0 Å². The summed E-state index contributed by atoms with van der Waals surface area (Å²) in [6, 6.07) is 0. The van der Waals surface area contributed by atoms with E-state index in [-0.39, 0.29) is 17.7 Å². The predicted octanol–water partition coefficient (Wildman–Crippen LogP) is 1.72. The molecule has 0 spiro atoms. The Morgan fingerprint density at radius 1 is 1.38 bits per heavy atom. The van der Waals surface area contributed by atoms with E-state index in [0.29, 0.717) is 12.8 Å². The fourth-order valence-electron chi connectivity index (χ4n) is 1.06. The van der Waals surface area contributed by atoms with Crippen LogP contribution in [0.5, 0.6) is 0 Å². The summed E-state index contributed by atoms with van der Waals surface area (Å²) >= 11 is 0. The van der Waals surface area contributed by atoms with Crippen molar-refractivity contribution in [2.75, 3.05) is 7.11 Å². The van der Waals surface area contributed by atoms with Gasteiger partial charge in [0.15, 0.2) is 0 Å². The first-order valence-electron chi connectivity index (χ1n) is 4.21. The van der Waals surface area contributed by atoms with Crippen LogP contribution in [0.3, 0.4) is 0 Å². The molecule has 0 bridgehead atoms. The lowest BCUT2D eigenvalue weighted by Gasteiger charge is -2.12. The van der Waals surface area contributed by atoms with Crippen molar-refractivity contribution in [3.05, 3.63) is 12.2 Å². The third-order valence-corrected chi connectivity index (χ3v) is 1.87. The van der Waals surface area contributed by atoms with Crippen LogP contribution in [0.15, 0.2) is 12.2 Å². The molecule has 0 N–H and O–H groups in total. The maximum Gasteiger partial charge on any atom is 0.312 e. The number of ketones is 1. The molecule has 0 aromatic carbocycles. The van der Waals surface area contributed by atoms with Crippen molar-refractivity contribution in [2.24, 2.45) is 5.92 Å². The van der Waals surface area contributed by atoms with Crippen LogP contribution in [0.2, 0.25) is 0 Å². The number of esters is 1. The average molecular weight is 184 g/mol. The molecule has 0 fully saturated rings. The van der Waals surface area contributed by atoms with Crippen molar-refractivity contribution in [1.82, 2.24) is 0 Å². The van der Waals surface area contributed by atoms with Crippen LogP contribution in [0, 0.1) is 5.92 Å². The zero-order valence-electron chi connectivity index (χ0n) is 8.42. The topological polar surface area (TPSA) is 43.4 Å². The summed E-state index contributed by atoms with van der Waals surface area (Å²) < 4.78 is 4.59.